The number of aryl methyl sites for hydroxylation is 1. The molecule has 3 amide bonds. The fourth-order valence-corrected chi connectivity index (χ4v) is 5.08. The van der Waals surface area contributed by atoms with Crippen LogP contribution in [0.5, 0.6) is 5.75 Å². The Hall–Kier alpha value is -2.48. The van der Waals surface area contributed by atoms with Crippen LogP contribution in [0.25, 0.3) is 6.08 Å². The van der Waals surface area contributed by atoms with E-state index in [-0.39, 0.29) is 17.4 Å². The molecule has 0 aromatic heterocycles. The van der Waals surface area contributed by atoms with Gasteiger partial charge in [0.15, 0.2) is 5.75 Å². The van der Waals surface area contributed by atoms with Crippen molar-refractivity contribution in [3.8, 4) is 5.75 Å². The maximum absolute atomic E-state index is 12.7. The average Bonchev–Trinajstić information content (AvgIpc) is 3.39. The number of imide groups is 1. The molecule has 0 aliphatic carbocycles. The maximum Gasteiger partial charge on any atom is 0.294 e. The standard InChI is InChI=1S/C24H22Cl2N2O4S/c1-15-4-6-16(7-5-15)14-32-22-18(25)10-17(11-19(22)26)12-20-23(30)28(24(31)33-20)13-21(29)27-8-2-3-9-27/h4-7,10-12H,2-3,8-9,13-14H2,1H3/b20-12+. The van der Waals surface area contributed by atoms with E-state index in [9.17, 15) is 14.4 Å². The van der Waals surface area contributed by atoms with Crippen molar-refractivity contribution in [2.24, 2.45) is 0 Å². The van der Waals surface area contributed by atoms with E-state index in [0.29, 0.717) is 41.1 Å². The first-order valence-electron chi connectivity index (χ1n) is 10.5. The zero-order chi connectivity index (χ0) is 23.5. The molecule has 2 heterocycles. The second-order valence-corrected chi connectivity index (χ2v) is 9.75. The van der Waals surface area contributed by atoms with Gasteiger partial charge in [-0.2, -0.15) is 0 Å². The Kier molecular flexibility index (Phi) is 7.32. The molecule has 0 atom stereocenters. The highest BCUT2D eigenvalue weighted by Gasteiger charge is 2.37. The molecule has 172 valence electrons. The predicted octanol–water partition coefficient (Wildman–Crippen LogP) is 5.54. The van der Waals surface area contributed by atoms with Crippen molar-refractivity contribution in [2.45, 2.75) is 26.4 Å². The lowest BCUT2D eigenvalue weighted by Crippen LogP contribution is -2.40. The molecule has 0 radical (unpaired) electrons. The smallest absolute Gasteiger partial charge is 0.294 e. The lowest BCUT2D eigenvalue weighted by atomic mass is 10.1. The Balaban J connectivity index is 1.45. The van der Waals surface area contributed by atoms with Gasteiger partial charge in [-0.25, -0.2) is 0 Å². The summed E-state index contributed by atoms with van der Waals surface area (Å²) in [5.74, 6) is -0.359. The molecule has 2 aromatic rings. The molecule has 2 aromatic carbocycles. The normalized spacial score (nSPS) is 17.4. The summed E-state index contributed by atoms with van der Waals surface area (Å²) < 4.78 is 5.80. The van der Waals surface area contributed by atoms with Crippen molar-refractivity contribution in [1.29, 1.82) is 0 Å². The molecule has 0 N–H and O–H groups in total. The number of benzene rings is 2. The third-order valence-corrected chi connectivity index (χ3v) is 6.92. The summed E-state index contributed by atoms with van der Waals surface area (Å²) in [7, 11) is 0. The van der Waals surface area contributed by atoms with Crippen LogP contribution in [0.3, 0.4) is 0 Å². The number of amides is 3. The van der Waals surface area contributed by atoms with Gasteiger partial charge in [0.1, 0.15) is 13.2 Å². The molecule has 2 aliphatic heterocycles. The lowest BCUT2D eigenvalue weighted by molar-refractivity contribution is -0.135. The minimum atomic E-state index is -0.496. The summed E-state index contributed by atoms with van der Waals surface area (Å²) >= 11 is 13.6. The van der Waals surface area contributed by atoms with E-state index < -0.39 is 11.1 Å². The van der Waals surface area contributed by atoms with Crippen molar-refractivity contribution < 1.29 is 19.1 Å². The van der Waals surface area contributed by atoms with E-state index in [4.69, 9.17) is 27.9 Å². The van der Waals surface area contributed by atoms with Crippen LogP contribution in [0.2, 0.25) is 10.0 Å². The number of hydrogen-bond donors (Lipinski definition) is 0. The highest BCUT2D eigenvalue weighted by atomic mass is 35.5. The predicted molar refractivity (Wildman–Crippen MR) is 130 cm³/mol. The number of carbonyl (C=O) groups excluding carboxylic acids is 3. The third-order valence-electron chi connectivity index (χ3n) is 5.45. The third kappa shape index (κ3) is 5.54. The molecular formula is C24H22Cl2N2O4S. The van der Waals surface area contributed by atoms with E-state index in [1.165, 1.54) is 0 Å². The van der Waals surface area contributed by atoms with E-state index in [2.05, 4.69) is 0 Å². The van der Waals surface area contributed by atoms with Crippen LogP contribution in [0, 0.1) is 6.92 Å². The quantitative estimate of drug-likeness (QED) is 0.483. The van der Waals surface area contributed by atoms with Gasteiger partial charge in [0.05, 0.1) is 15.0 Å². The fraction of sp³-hybridized carbons (Fsp3) is 0.292. The Morgan fingerprint density at radius 2 is 1.73 bits per heavy atom. The van der Waals surface area contributed by atoms with Gasteiger partial charge in [-0.3, -0.25) is 19.3 Å². The van der Waals surface area contributed by atoms with E-state index in [0.717, 1.165) is 40.6 Å². The number of halogens is 2. The molecular weight excluding hydrogens is 483 g/mol. The first-order valence-corrected chi connectivity index (χ1v) is 12.1. The van der Waals surface area contributed by atoms with E-state index in [1.807, 2.05) is 31.2 Å². The summed E-state index contributed by atoms with van der Waals surface area (Å²) in [6.07, 6.45) is 3.44. The number of hydrogen-bond acceptors (Lipinski definition) is 5. The summed E-state index contributed by atoms with van der Waals surface area (Å²) in [6, 6.07) is 11.2. The van der Waals surface area contributed by atoms with Crippen LogP contribution in [0.1, 0.15) is 29.5 Å². The van der Waals surface area contributed by atoms with Crippen LogP contribution in [-0.2, 0) is 16.2 Å². The first kappa shape index (κ1) is 23.7. The molecule has 33 heavy (non-hydrogen) atoms. The van der Waals surface area contributed by atoms with Crippen molar-refractivity contribution in [1.82, 2.24) is 9.80 Å². The number of nitrogens with zero attached hydrogens (tertiary/aromatic N) is 2. The lowest BCUT2D eigenvalue weighted by Gasteiger charge is -2.18. The van der Waals surface area contributed by atoms with Crippen molar-refractivity contribution in [2.75, 3.05) is 19.6 Å². The molecule has 6 nitrogen and oxygen atoms in total. The van der Waals surface area contributed by atoms with Gasteiger partial charge in [0.25, 0.3) is 11.1 Å². The van der Waals surface area contributed by atoms with Gasteiger partial charge in [0.2, 0.25) is 5.91 Å². The maximum atomic E-state index is 12.7. The van der Waals surface area contributed by atoms with Gasteiger partial charge >= 0.3 is 0 Å². The number of carbonyl (C=O) groups is 3. The topological polar surface area (TPSA) is 66.9 Å². The molecule has 4 rings (SSSR count). The molecule has 2 saturated heterocycles. The molecule has 0 spiro atoms. The number of thioether (sulfide) groups is 1. The SMILES string of the molecule is Cc1ccc(COc2c(Cl)cc(/C=C3/SC(=O)N(CC(=O)N4CCCC4)C3=O)cc2Cl)cc1. The highest BCUT2D eigenvalue weighted by Crippen LogP contribution is 2.37. The largest absolute Gasteiger partial charge is 0.486 e. The Morgan fingerprint density at radius 3 is 2.36 bits per heavy atom. The summed E-state index contributed by atoms with van der Waals surface area (Å²) in [4.78, 5) is 40.3. The Morgan fingerprint density at radius 1 is 1.09 bits per heavy atom. The fourth-order valence-electron chi connectivity index (χ4n) is 3.63. The zero-order valence-electron chi connectivity index (χ0n) is 18.0. The minimum absolute atomic E-state index is 0.211. The van der Waals surface area contributed by atoms with Gasteiger partial charge in [-0.1, -0.05) is 53.0 Å². The first-order chi connectivity index (χ1) is 15.8. The van der Waals surface area contributed by atoms with Gasteiger partial charge in [-0.15, -0.1) is 0 Å². The molecule has 0 bridgehead atoms. The second kappa shape index (κ2) is 10.2. The van der Waals surface area contributed by atoms with Crippen molar-refractivity contribution in [3.63, 3.8) is 0 Å². The molecule has 9 heteroatoms. The Bertz CT molecular complexity index is 1100. The highest BCUT2D eigenvalue weighted by molar-refractivity contribution is 8.18. The van der Waals surface area contributed by atoms with Crippen molar-refractivity contribution >= 4 is 58.1 Å². The summed E-state index contributed by atoms with van der Waals surface area (Å²) in [6.45, 7) is 3.41. The monoisotopic (exact) mass is 504 g/mol. The summed E-state index contributed by atoms with van der Waals surface area (Å²) in [5.41, 5.74) is 2.70. The number of ether oxygens (including phenoxy) is 1. The van der Waals surface area contributed by atoms with Crippen LogP contribution < -0.4 is 4.74 Å². The average molecular weight is 505 g/mol. The zero-order valence-corrected chi connectivity index (χ0v) is 20.3. The van der Waals surface area contributed by atoms with Crippen LogP contribution >= 0.6 is 35.0 Å². The van der Waals surface area contributed by atoms with E-state index in [1.54, 1.807) is 23.1 Å². The van der Waals surface area contributed by atoms with Gasteiger partial charge in [0, 0.05) is 13.1 Å². The Labute approximate surface area is 206 Å². The van der Waals surface area contributed by atoms with Gasteiger partial charge < -0.3 is 9.64 Å². The minimum Gasteiger partial charge on any atom is -0.486 e. The number of rotatable bonds is 6. The summed E-state index contributed by atoms with van der Waals surface area (Å²) in [5, 5.41) is 0.127. The second-order valence-electron chi connectivity index (χ2n) is 7.94. The van der Waals surface area contributed by atoms with E-state index >= 15 is 0 Å². The molecule has 0 saturated carbocycles. The van der Waals surface area contributed by atoms with Crippen LogP contribution in [-0.4, -0.2) is 46.5 Å². The molecule has 0 unspecified atom stereocenters. The molecule has 2 aliphatic rings. The van der Waals surface area contributed by atoms with Crippen LogP contribution in [0.4, 0.5) is 4.79 Å². The molecule has 2 fully saturated rings. The number of likely N-dealkylation sites (tertiary alicyclic amines) is 1. The van der Waals surface area contributed by atoms with Crippen LogP contribution in [0.15, 0.2) is 41.3 Å². The van der Waals surface area contributed by atoms with Crippen molar-refractivity contribution in [3.05, 3.63) is 68.0 Å². The van der Waals surface area contributed by atoms with Gasteiger partial charge in [-0.05, 0) is 60.9 Å².